The van der Waals surface area contributed by atoms with Gasteiger partial charge in [0.1, 0.15) is 0 Å². The van der Waals surface area contributed by atoms with Crippen LogP contribution in [0.25, 0.3) is 5.52 Å². The normalized spacial score (nSPS) is 12.2. The molecule has 8 nitrogen and oxygen atoms in total. The number of fused-ring (bicyclic) bond motifs is 1. The third-order valence-electron chi connectivity index (χ3n) is 4.21. The summed E-state index contributed by atoms with van der Waals surface area (Å²) in [6.07, 6.45) is 2.78. The molecule has 0 spiro atoms. The fraction of sp³-hybridized carbons (Fsp3) is 0.263. The number of benzene rings is 1. The zero-order valence-corrected chi connectivity index (χ0v) is 17.4. The van der Waals surface area contributed by atoms with Crippen LogP contribution in [0.2, 0.25) is 0 Å². The average molecular weight is 436 g/mol. The fourth-order valence-electron chi connectivity index (χ4n) is 2.92. The molecule has 0 unspecified atom stereocenters. The first-order valence-corrected chi connectivity index (χ1v) is 12.6. The van der Waals surface area contributed by atoms with Crippen LogP contribution in [-0.2, 0) is 25.4 Å². The first kappa shape index (κ1) is 21.0. The van der Waals surface area contributed by atoms with E-state index in [0.29, 0.717) is 11.1 Å². The number of nitrogens with zero attached hydrogens (tertiary/aromatic N) is 2. The van der Waals surface area contributed by atoms with Crippen LogP contribution in [0.1, 0.15) is 22.5 Å². The molecule has 1 N–H and O–H groups in total. The van der Waals surface area contributed by atoms with Crippen molar-refractivity contribution in [3.63, 3.8) is 0 Å². The Morgan fingerprint density at radius 1 is 1.03 bits per heavy atom. The van der Waals surface area contributed by atoms with Crippen LogP contribution >= 0.6 is 0 Å². The van der Waals surface area contributed by atoms with Gasteiger partial charge in [0.05, 0.1) is 17.0 Å². The molecular weight excluding hydrogens is 414 g/mol. The highest BCUT2D eigenvalue weighted by atomic mass is 32.2. The lowest BCUT2D eigenvalue weighted by molar-refractivity contribution is 0.0950. The Morgan fingerprint density at radius 3 is 2.41 bits per heavy atom. The van der Waals surface area contributed by atoms with Gasteiger partial charge in [0.25, 0.3) is 5.91 Å². The molecule has 0 aliphatic heterocycles. The number of imidazole rings is 1. The van der Waals surface area contributed by atoms with Gasteiger partial charge in [-0.2, -0.15) is 0 Å². The Hall–Kier alpha value is -2.72. The van der Waals surface area contributed by atoms with E-state index in [-0.39, 0.29) is 35.3 Å². The average Bonchev–Trinajstić information content (AvgIpc) is 3.06. The lowest BCUT2D eigenvalue weighted by Gasteiger charge is -2.06. The molecule has 3 aromatic rings. The zero-order chi connectivity index (χ0) is 21.1. The molecule has 0 bridgehead atoms. The van der Waals surface area contributed by atoms with Gasteiger partial charge in [0.2, 0.25) is 15.0 Å². The second kappa shape index (κ2) is 8.34. The second-order valence-electron chi connectivity index (χ2n) is 6.66. The predicted molar refractivity (Wildman–Crippen MR) is 109 cm³/mol. The molecule has 1 amide bonds. The molecule has 0 radical (unpaired) electrons. The number of carbonyl (C=O) groups excluding carboxylic acids is 1. The third-order valence-corrected chi connectivity index (χ3v) is 6.84. The Labute approximate surface area is 169 Å². The molecule has 0 fully saturated rings. The van der Waals surface area contributed by atoms with Crippen molar-refractivity contribution in [1.82, 2.24) is 14.7 Å². The van der Waals surface area contributed by atoms with Gasteiger partial charge in [-0.25, -0.2) is 21.8 Å². The summed E-state index contributed by atoms with van der Waals surface area (Å²) in [6.45, 7) is 0.132. The molecule has 2 heterocycles. The number of nitrogens with one attached hydrogen (secondary N) is 1. The van der Waals surface area contributed by atoms with Crippen LogP contribution in [0.15, 0.2) is 59.9 Å². The summed E-state index contributed by atoms with van der Waals surface area (Å²) in [7, 11) is -6.92. The minimum Gasteiger partial charge on any atom is -0.351 e. The smallest absolute Gasteiger partial charge is 0.272 e. The minimum atomic E-state index is -3.62. The molecule has 0 atom stereocenters. The molecule has 1 aromatic carbocycles. The zero-order valence-electron chi connectivity index (χ0n) is 15.8. The van der Waals surface area contributed by atoms with Gasteiger partial charge in [-0.05, 0) is 24.1 Å². The maximum Gasteiger partial charge on any atom is 0.272 e. The van der Waals surface area contributed by atoms with Crippen molar-refractivity contribution in [1.29, 1.82) is 0 Å². The summed E-state index contributed by atoms with van der Waals surface area (Å²) in [6, 6.07) is 13.8. The van der Waals surface area contributed by atoms with Crippen molar-refractivity contribution < 1.29 is 21.6 Å². The third kappa shape index (κ3) is 5.21. The molecule has 0 aliphatic rings. The van der Waals surface area contributed by atoms with E-state index in [1.807, 2.05) is 6.07 Å². The second-order valence-corrected chi connectivity index (χ2v) is 10.8. The van der Waals surface area contributed by atoms with E-state index in [2.05, 4.69) is 10.3 Å². The summed E-state index contributed by atoms with van der Waals surface area (Å²) < 4.78 is 49.6. The Morgan fingerprint density at radius 2 is 1.72 bits per heavy atom. The van der Waals surface area contributed by atoms with E-state index in [9.17, 15) is 21.6 Å². The minimum absolute atomic E-state index is 0.0156. The van der Waals surface area contributed by atoms with Gasteiger partial charge in [-0.1, -0.05) is 36.4 Å². The number of sulfone groups is 2. The Bertz CT molecular complexity index is 1230. The highest BCUT2D eigenvalue weighted by Gasteiger charge is 2.22. The van der Waals surface area contributed by atoms with Crippen LogP contribution in [0.5, 0.6) is 0 Å². The highest BCUT2D eigenvalue weighted by Crippen LogP contribution is 2.17. The van der Waals surface area contributed by atoms with E-state index in [4.69, 9.17) is 0 Å². The summed E-state index contributed by atoms with van der Waals surface area (Å²) in [5.41, 5.74) is 1.06. The summed E-state index contributed by atoms with van der Waals surface area (Å²) in [5.74, 6) is -0.671. The molecular formula is C19H21N3O5S2. The van der Waals surface area contributed by atoms with Gasteiger partial charge >= 0.3 is 0 Å². The topological polar surface area (TPSA) is 115 Å². The van der Waals surface area contributed by atoms with Crippen molar-refractivity contribution in [2.24, 2.45) is 0 Å². The van der Waals surface area contributed by atoms with Crippen LogP contribution in [0.4, 0.5) is 0 Å². The predicted octanol–water partition coefficient (Wildman–Crippen LogP) is 1.47. The monoisotopic (exact) mass is 435 g/mol. The molecule has 10 heteroatoms. The molecule has 2 aromatic heterocycles. The lowest BCUT2D eigenvalue weighted by atomic mass is 10.2. The van der Waals surface area contributed by atoms with Crippen LogP contribution < -0.4 is 5.32 Å². The summed E-state index contributed by atoms with van der Waals surface area (Å²) in [4.78, 5) is 16.5. The number of hydrogen-bond donors (Lipinski definition) is 1. The molecule has 29 heavy (non-hydrogen) atoms. The number of amides is 1. The standard InChI is InChI=1S/C19H21N3O5S2/c1-28(24,25)19-21-17(16-10-5-6-12-22(16)19)18(23)20-11-7-13-29(26,27)14-15-8-3-2-4-9-15/h2-6,8-10,12H,7,11,13-14H2,1H3,(H,20,23). The van der Waals surface area contributed by atoms with Gasteiger partial charge in [-0.15, -0.1) is 0 Å². The number of rotatable bonds is 8. The van der Waals surface area contributed by atoms with Crippen molar-refractivity contribution in [2.75, 3.05) is 18.6 Å². The quantitative estimate of drug-likeness (QED) is 0.536. The highest BCUT2D eigenvalue weighted by molar-refractivity contribution is 7.90. The molecule has 0 saturated heterocycles. The van der Waals surface area contributed by atoms with Gasteiger partial charge < -0.3 is 5.32 Å². The number of carbonyl (C=O) groups is 1. The first-order chi connectivity index (χ1) is 13.7. The maximum atomic E-state index is 12.5. The van der Waals surface area contributed by atoms with E-state index < -0.39 is 25.6 Å². The molecule has 3 rings (SSSR count). The van der Waals surface area contributed by atoms with E-state index in [0.717, 1.165) is 6.26 Å². The SMILES string of the molecule is CS(=O)(=O)c1nc(C(=O)NCCCS(=O)(=O)Cc2ccccc2)c2ccccn12. The number of aromatic nitrogens is 2. The van der Waals surface area contributed by atoms with Gasteiger partial charge in [0, 0.05) is 19.0 Å². The Balaban J connectivity index is 1.63. The van der Waals surface area contributed by atoms with E-state index in [1.165, 1.54) is 10.6 Å². The number of pyridine rings is 1. The summed E-state index contributed by atoms with van der Waals surface area (Å²) >= 11 is 0. The molecule has 0 saturated carbocycles. The lowest BCUT2D eigenvalue weighted by Crippen LogP contribution is -2.26. The van der Waals surface area contributed by atoms with Crippen LogP contribution in [0, 0.1) is 0 Å². The first-order valence-electron chi connectivity index (χ1n) is 8.87. The molecule has 0 aliphatic carbocycles. The van der Waals surface area contributed by atoms with E-state index in [1.54, 1.807) is 42.5 Å². The number of hydrogen-bond acceptors (Lipinski definition) is 6. The van der Waals surface area contributed by atoms with Gasteiger partial charge in [-0.3, -0.25) is 9.20 Å². The van der Waals surface area contributed by atoms with Crippen molar-refractivity contribution in [3.8, 4) is 0 Å². The van der Waals surface area contributed by atoms with Crippen molar-refractivity contribution in [2.45, 2.75) is 17.3 Å². The van der Waals surface area contributed by atoms with Crippen LogP contribution in [0.3, 0.4) is 0 Å². The maximum absolute atomic E-state index is 12.5. The van der Waals surface area contributed by atoms with E-state index >= 15 is 0 Å². The largest absolute Gasteiger partial charge is 0.351 e. The molecule has 154 valence electrons. The van der Waals surface area contributed by atoms with Crippen molar-refractivity contribution >= 4 is 31.1 Å². The summed E-state index contributed by atoms with van der Waals surface area (Å²) in [5, 5.41) is 2.40. The van der Waals surface area contributed by atoms with Crippen molar-refractivity contribution in [3.05, 3.63) is 66.0 Å². The Kier molecular flexibility index (Phi) is 6.04. The fourth-order valence-corrected chi connectivity index (χ4v) is 5.12. The van der Waals surface area contributed by atoms with Gasteiger partial charge in [0.15, 0.2) is 15.5 Å². The van der Waals surface area contributed by atoms with Crippen LogP contribution in [-0.4, -0.2) is 50.7 Å².